The van der Waals surface area contributed by atoms with Gasteiger partial charge in [0.1, 0.15) is 12.4 Å². The zero-order valence-corrected chi connectivity index (χ0v) is 17.6. The number of hydrogen-bond acceptors (Lipinski definition) is 6. The van der Waals surface area contributed by atoms with Crippen LogP contribution in [0.25, 0.3) is 11.3 Å². The average Bonchev–Trinajstić information content (AvgIpc) is 3.29. The lowest BCUT2D eigenvalue weighted by Crippen LogP contribution is -2.50. The Bertz CT molecular complexity index is 1200. The van der Waals surface area contributed by atoms with Crippen LogP contribution in [-0.2, 0) is 24.2 Å². The van der Waals surface area contributed by atoms with Crippen LogP contribution in [-0.4, -0.2) is 56.7 Å². The number of nitrogens with zero attached hydrogens (tertiary/aromatic N) is 6. The van der Waals surface area contributed by atoms with Crippen LogP contribution in [0.4, 0.5) is 10.2 Å². The summed E-state index contributed by atoms with van der Waals surface area (Å²) in [7, 11) is 0. The van der Waals surface area contributed by atoms with Gasteiger partial charge in [0.25, 0.3) is 5.56 Å². The van der Waals surface area contributed by atoms with E-state index in [0.717, 1.165) is 30.8 Å². The second-order valence-electron chi connectivity index (χ2n) is 8.14. The normalized spacial score (nSPS) is 15.7. The van der Waals surface area contributed by atoms with Crippen molar-refractivity contribution in [3.8, 4) is 11.3 Å². The van der Waals surface area contributed by atoms with E-state index in [0.29, 0.717) is 37.4 Å². The maximum Gasteiger partial charge on any atom is 0.254 e. The Morgan fingerprint density at radius 3 is 2.53 bits per heavy atom. The maximum absolute atomic E-state index is 13.1. The van der Waals surface area contributed by atoms with Crippen LogP contribution in [0.5, 0.6) is 0 Å². The van der Waals surface area contributed by atoms with Crippen LogP contribution >= 0.6 is 0 Å². The molecule has 9 heteroatoms. The van der Waals surface area contributed by atoms with Crippen molar-refractivity contribution in [2.45, 2.75) is 25.8 Å². The Kier molecular flexibility index (Phi) is 5.38. The molecular formula is C23H23FN6O2. The fourth-order valence-electron chi connectivity index (χ4n) is 4.23. The first kappa shape index (κ1) is 20.3. The summed E-state index contributed by atoms with van der Waals surface area (Å²) < 4.78 is 14.4. The summed E-state index contributed by atoms with van der Waals surface area (Å²) in [6.45, 7) is 2.42. The molecule has 1 aliphatic heterocycles. The van der Waals surface area contributed by atoms with Crippen molar-refractivity contribution in [1.29, 1.82) is 0 Å². The van der Waals surface area contributed by atoms with Gasteiger partial charge >= 0.3 is 0 Å². The number of aryl methyl sites for hydroxylation is 2. The molecule has 2 aliphatic rings. The largest absolute Gasteiger partial charge is 0.352 e. The molecule has 32 heavy (non-hydrogen) atoms. The van der Waals surface area contributed by atoms with Crippen molar-refractivity contribution in [3.05, 3.63) is 70.2 Å². The number of anilines is 1. The molecule has 0 saturated carbocycles. The number of carbonyl (C=O) groups is 1. The first-order chi connectivity index (χ1) is 15.6. The summed E-state index contributed by atoms with van der Waals surface area (Å²) in [5, 5.41) is 8.71. The molecule has 164 valence electrons. The molecule has 0 atom stereocenters. The van der Waals surface area contributed by atoms with E-state index in [2.05, 4.69) is 26.1 Å². The predicted octanol–water partition coefficient (Wildman–Crippen LogP) is 1.68. The summed E-state index contributed by atoms with van der Waals surface area (Å²) in [4.78, 5) is 33.4. The smallest absolute Gasteiger partial charge is 0.254 e. The molecule has 2 aromatic heterocycles. The predicted molar refractivity (Wildman–Crippen MR) is 117 cm³/mol. The molecule has 0 radical (unpaired) electrons. The molecule has 0 N–H and O–H groups in total. The van der Waals surface area contributed by atoms with Gasteiger partial charge in [0.15, 0.2) is 5.82 Å². The highest BCUT2D eigenvalue weighted by atomic mass is 19.1. The molecule has 1 saturated heterocycles. The third-order valence-electron chi connectivity index (χ3n) is 6.09. The van der Waals surface area contributed by atoms with Crippen LogP contribution in [0, 0.1) is 5.82 Å². The van der Waals surface area contributed by atoms with E-state index in [4.69, 9.17) is 0 Å². The van der Waals surface area contributed by atoms with Crippen LogP contribution in [0.3, 0.4) is 0 Å². The quantitative estimate of drug-likeness (QED) is 0.621. The lowest BCUT2D eigenvalue weighted by atomic mass is 10.1. The van der Waals surface area contributed by atoms with Crippen molar-refractivity contribution in [2.24, 2.45) is 0 Å². The van der Waals surface area contributed by atoms with E-state index in [9.17, 15) is 14.0 Å². The van der Waals surface area contributed by atoms with E-state index < -0.39 is 0 Å². The minimum absolute atomic E-state index is 0.0613. The number of fused-ring (bicyclic) bond motifs is 1. The van der Waals surface area contributed by atoms with Gasteiger partial charge in [-0.15, -0.1) is 5.10 Å². The van der Waals surface area contributed by atoms with Crippen molar-refractivity contribution < 1.29 is 9.18 Å². The Morgan fingerprint density at radius 1 is 1.00 bits per heavy atom. The van der Waals surface area contributed by atoms with Crippen LogP contribution < -0.4 is 10.5 Å². The van der Waals surface area contributed by atoms with Crippen molar-refractivity contribution in [2.75, 3.05) is 31.1 Å². The van der Waals surface area contributed by atoms with Crippen LogP contribution in [0.2, 0.25) is 0 Å². The molecule has 0 spiro atoms. The van der Waals surface area contributed by atoms with E-state index >= 15 is 0 Å². The molecule has 3 aromatic rings. The molecule has 1 fully saturated rings. The third kappa shape index (κ3) is 4.10. The minimum Gasteiger partial charge on any atom is -0.352 e. The van der Waals surface area contributed by atoms with Crippen LogP contribution in [0.15, 0.2) is 47.5 Å². The molecule has 8 nitrogen and oxygen atoms in total. The monoisotopic (exact) mass is 434 g/mol. The summed E-state index contributed by atoms with van der Waals surface area (Å²) in [6.07, 6.45) is 4.56. The molecule has 0 unspecified atom stereocenters. The summed E-state index contributed by atoms with van der Waals surface area (Å²) >= 11 is 0. The molecule has 1 amide bonds. The van der Waals surface area contributed by atoms with E-state index in [1.807, 2.05) is 0 Å². The molecule has 5 rings (SSSR count). The van der Waals surface area contributed by atoms with Crippen molar-refractivity contribution in [1.82, 2.24) is 24.6 Å². The van der Waals surface area contributed by atoms with Crippen molar-refractivity contribution in [3.63, 3.8) is 0 Å². The molecule has 1 aliphatic carbocycles. The minimum atomic E-state index is -0.351. The SMILES string of the molecule is O=C(Cn1cnc(-c2ccc(F)cc2)cc1=O)N1CCN(c2cc3c(nn2)CCC3)CC1. The number of piperazine rings is 1. The van der Waals surface area contributed by atoms with Gasteiger partial charge in [-0.2, -0.15) is 5.10 Å². The highest BCUT2D eigenvalue weighted by Crippen LogP contribution is 2.23. The third-order valence-corrected chi connectivity index (χ3v) is 6.09. The topological polar surface area (TPSA) is 84.2 Å². The number of halogens is 1. The van der Waals surface area contributed by atoms with Gasteiger partial charge in [-0.05, 0) is 55.2 Å². The zero-order valence-electron chi connectivity index (χ0n) is 17.6. The first-order valence-electron chi connectivity index (χ1n) is 10.8. The summed E-state index contributed by atoms with van der Waals surface area (Å²) in [6, 6.07) is 9.26. The van der Waals surface area contributed by atoms with Gasteiger partial charge < -0.3 is 9.80 Å². The van der Waals surface area contributed by atoms with E-state index in [-0.39, 0.29) is 23.8 Å². The molecule has 0 bridgehead atoms. The van der Waals surface area contributed by atoms with Gasteiger partial charge in [-0.25, -0.2) is 9.37 Å². The highest BCUT2D eigenvalue weighted by molar-refractivity contribution is 5.76. The molecule has 3 heterocycles. The Balaban J connectivity index is 1.20. The van der Waals surface area contributed by atoms with Gasteiger partial charge in [-0.3, -0.25) is 14.2 Å². The lowest BCUT2D eigenvalue weighted by molar-refractivity contribution is -0.132. The second kappa shape index (κ2) is 8.49. The Labute approximate surface area is 184 Å². The number of rotatable bonds is 4. The van der Waals surface area contributed by atoms with E-state index in [1.54, 1.807) is 17.0 Å². The van der Waals surface area contributed by atoms with Crippen molar-refractivity contribution >= 4 is 11.7 Å². The molecule has 1 aromatic carbocycles. The molecular weight excluding hydrogens is 411 g/mol. The lowest BCUT2D eigenvalue weighted by Gasteiger charge is -2.35. The van der Waals surface area contributed by atoms with Gasteiger partial charge in [0.05, 0.1) is 17.7 Å². The summed E-state index contributed by atoms with van der Waals surface area (Å²) in [5.74, 6) is 0.397. The first-order valence-corrected chi connectivity index (χ1v) is 10.8. The van der Waals surface area contributed by atoms with Gasteiger partial charge in [0, 0.05) is 37.8 Å². The summed E-state index contributed by atoms with van der Waals surface area (Å²) in [5.41, 5.74) is 3.16. The number of aromatic nitrogens is 4. The highest BCUT2D eigenvalue weighted by Gasteiger charge is 2.24. The fraction of sp³-hybridized carbons (Fsp3) is 0.348. The fourth-order valence-corrected chi connectivity index (χ4v) is 4.23. The van der Waals surface area contributed by atoms with E-state index in [1.165, 1.54) is 34.7 Å². The number of benzene rings is 1. The standard InChI is InChI=1S/C23H23FN6O2/c24-18-6-4-16(5-7-18)20-13-22(31)30(15-25-20)14-23(32)29-10-8-28(9-11-29)21-12-17-2-1-3-19(17)26-27-21/h4-7,12-13,15H,1-3,8-11,14H2. The second-order valence-corrected chi connectivity index (χ2v) is 8.14. The number of amides is 1. The average molecular weight is 434 g/mol. The number of carbonyl (C=O) groups excluding carboxylic acids is 1. The number of hydrogen-bond donors (Lipinski definition) is 0. The zero-order chi connectivity index (χ0) is 22.1. The maximum atomic E-state index is 13.1. The van der Waals surface area contributed by atoms with Gasteiger partial charge in [-0.1, -0.05) is 0 Å². The van der Waals surface area contributed by atoms with Gasteiger partial charge in [0.2, 0.25) is 5.91 Å². The van der Waals surface area contributed by atoms with Crippen LogP contribution in [0.1, 0.15) is 17.7 Å². The Morgan fingerprint density at radius 2 is 1.78 bits per heavy atom. The Hall–Kier alpha value is -3.62.